The van der Waals surface area contributed by atoms with E-state index in [0.29, 0.717) is 17.7 Å². The minimum atomic E-state index is 0.591. The van der Waals surface area contributed by atoms with Crippen molar-refractivity contribution in [1.82, 2.24) is 14.5 Å². The molecule has 0 amide bonds. The first kappa shape index (κ1) is 14.3. The summed E-state index contributed by atoms with van der Waals surface area (Å²) in [6.07, 6.45) is 2.66. The molecule has 104 valence electrons. The highest BCUT2D eigenvalue weighted by atomic mass is 35.5. The zero-order valence-corrected chi connectivity index (χ0v) is 12.9. The SMILES string of the molecule is Cc1ccnc2c1nc(CCCl)n2CC(C)C(C)C. The predicted octanol–water partition coefficient (Wildman–Crippen LogP) is 3.81. The summed E-state index contributed by atoms with van der Waals surface area (Å²) in [4.78, 5) is 9.25. The van der Waals surface area contributed by atoms with Gasteiger partial charge in [-0.15, -0.1) is 11.6 Å². The van der Waals surface area contributed by atoms with Crippen molar-refractivity contribution < 1.29 is 0 Å². The minimum absolute atomic E-state index is 0.591. The lowest BCUT2D eigenvalue weighted by Crippen LogP contribution is -2.15. The van der Waals surface area contributed by atoms with Gasteiger partial charge in [-0.2, -0.15) is 0 Å². The van der Waals surface area contributed by atoms with Gasteiger partial charge in [0.1, 0.15) is 11.3 Å². The summed E-state index contributed by atoms with van der Waals surface area (Å²) in [6, 6.07) is 2.01. The summed E-state index contributed by atoms with van der Waals surface area (Å²) in [5.74, 6) is 2.89. The van der Waals surface area contributed by atoms with Crippen LogP contribution in [0.5, 0.6) is 0 Å². The molecule has 2 aromatic heterocycles. The number of pyridine rings is 1. The molecule has 0 bridgehead atoms. The van der Waals surface area contributed by atoms with Gasteiger partial charge in [-0.25, -0.2) is 9.97 Å². The Morgan fingerprint density at radius 3 is 2.68 bits per heavy atom. The lowest BCUT2D eigenvalue weighted by molar-refractivity contribution is 0.364. The number of rotatable bonds is 5. The molecule has 19 heavy (non-hydrogen) atoms. The summed E-state index contributed by atoms with van der Waals surface area (Å²) in [6.45, 7) is 9.82. The van der Waals surface area contributed by atoms with Crippen LogP contribution in [0.15, 0.2) is 12.3 Å². The largest absolute Gasteiger partial charge is 0.312 e. The van der Waals surface area contributed by atoms with Gasteiger partial charge in [0, 0.05) is 25.0 Å². The number of hydrogen-bond donors (Lipinski definition) is 0. The number of alkyl halides is 1. The van der Waals surface area contributed by atoms with Crippen molar-refractivity contribution in [2.45, 2.75) is 40.7 Å². The fourth-order valence-electron chi connectivity index (χ4n) is 2.15. The van der Waals surface area contributed by atoms with E-state index in [2.05, 4.69) is 37.2 Å². The molecule has 0 aliphatic carbocycles. The zero-order valence-electron chi connectivity index (χ0n) is 12.2. The van der Waals surface area contributed by atoms with Crippen molar-refractivity contribution in [1.29, 1.82) is 0 Å². The first-order chi connectivity index (χ1) is 9.04. The molecule has 0 N–H and O–H groups in total. The van der Waals surface area contributed by atoms with Crippen molar-refractivity contribution in [2.24, 2.45) is 11.8 Å². The molecule has 0 saturated heterocycles. The van der Waals surface area contributed by atoms with Crippen LogP contribution in [0.1, 0.15) is 32.2 Å². The Morgan fingerprint density at radius 2 is 2.05 bits per heavy atom. The quantitative estimate of drug-likeness (QED) is 0.779. The van der Waals surface area contributed by atoms with Crippen LogP contribution in [0, 0.1) is 18.8 Å². The predicted molar refractivity (Wildman–Crippen MR) is 80.7 cm³/mol. The highest BCUT2D eigenvalue weighted by molar-refractivity contribution is 6.17. The Morgan fingerprint density at radius 1 is 1.32 bits per heavy atom. The zero-order chi connectivity index (χ0) is 14.0. The van der Waals surface area contributed by atoms with Crippen molar-refractivity contribution in [3.05, 3.63) is 23.7 Å². The fraction of sp³-hybridized carbons (Fsp3) is 0.600. The molecule has 1 unspecified atom stereocenters. The molecule has 0 aliphatic rings. The normalized spacial score (nSPS) is 13.4. The first-order valence-corrected chi connectivity index (χ1v) is 7.44. The molecule has 4 heteroatoms. The van der Waals surface area contributed by atoms with Crippen LogP contribution in [0.3, 0.4) is 0 Å². The van der Waals surface area contributed by atoms with Crippen molar-refractivity contribution in [3.8, 4) is 0 Å². The van der Waals surface area contributed by atoms with E-state index in [1.54, 1.807) is 0 Å². The molecule has 0 radical (unpaired) electrons. The summed E-state index contributed by atoms with van der Waals surface area (Å²) in [7, 11) is 0. The lowest BCUT2D eigenvalue weighted by Gasteiger charge is -2.18. The van der Waals surface area contributed by atoms with Crippen molar-refractivity contribution >= 4 is 22.8 Å². The Kier molecular flexibility index (Phi) is 4.46. The summed E-state index contributed by atoms with van der Waals surface area (Å²) in [5, 5.41) is 0. The van der Waals surface area contributed by atoms with Crippen LogP contribution < -0.4 is 0 Å². The highest BCUT2D eigenvalue weighted by Crippen LogP contribution is 2.21. The third kappa shape index (κ3) is 2.92. The fourth-order valence-corrected chi connectivity index (χ4v) is 2.32. The van der Waals surface area contributed by atoms with Crippen molar-refractivity contribution in [2.75, 3.05) is 5.88 Å². The Balaban J connectivity index is 2.49. The first-order valence-electron chi connectivity index (χ1n) is 6.91. The van der Waals surface area contributed by atoms with E-state index >= 15 is 0 Å². The van der Waals surface area contributed by atoms with E-state index in [4.69, 9.17) is 16.6 Å². The average molecular weight is 280 g/mol. The van der Waals surface area contributed by atoms with Gasteiger partial charge in [-0.1, -0.05) is 20.8 Å². The highest BCUT2D eigenvalue weighted by Gasteiger charge is 2.16. The summed E-state index contributed by atoms with van der Waals surface area (Å²) < 4.78 is 2.25. The van der Waals surface area contributed by atoms with Gasteiger partial charge in [0.2, 0.25) is 0 Å². The maximum atomic E-state index is 5.90. The molecule has 0 aromatic carbocycles. The van der Waals surface area contributed by atoms with Crippen LogP contribution in [0.2, 0.25) is 0 Å². The molecule has 0 saturated carbocycles. The molecule has 2 rings (SSSR count). The van der Waals surface area contributed by atoms with Gasteiger partial charge >= 0.3 is 0 Å². The monoisotopic (exact) mass is 279 g/mol. The third-order valence-electron chi connectivity index (χ3n) is 3.84. The minimum Gasteiger partial charge on any atom is -0.312 e. The molecular formula is C15H22ClN3. The Hall–Kier alpha value is -1.09. The number of halogens is 1. The number of aromatic nitrogens is 3. The van der Waals surface area contributed by atoms with Gasteiger partial charge in [-0.3, -0.25) is 0 Å². The second kappa shape index (κ2) is 5.91. The van der Waals surface area contributed by atoms with Crippen LogP contribution in [0.25, 0.3) is 11.2 Å². The summed E-state index contributed by atoms with van der Waals surface area (Å²) >= 11 is 5.90. The lowest BCUT2D eigenvalue weighted by atomic mass is 9.98. The van der Waals surface area contributed by atoms with Gasteiger partial charge in [0.15, 0.2) is 5.65 Å². The number of nitrogens with zero attached hydrogens (tertiary/aromatic N) is 3. The topological polar surface area (TPSA) is 30.7 Å². The van der Waals surface area contributed by atoms with Gasteiger partial charge < -0.3 is 4.57 Å². The van der Waals surface area contributed by atoms with Crippen molar-refractivity contribution in [3.63, 3.8) is 0 Å². The molecule has 3 nitrogen and oxygen atoms in total. The summed E-state index contributed by atoms with van der Waals surface area (Å²) in [5.41, 5.74) is 3.18. The van der Waals surface area contributed by atoms with Crippen LogP contribution in [0.4, 0.5) is 0 Å². The molecular weight excluding hydrogens is 258 g/mol. The van der Waals surface area contributed by atoms with Crippen LogP contribution in [-0.2, 0) is 13.0 Å². The third-order valence-corrected chi connectivity index (χ3v) is 4.03. The molecule has 2 heterocycles. The average Bonchev–Trinajstić information content (AvgIpc) is 2.70. The van der Waals surface area contributed by atoms with E-state index in [1.165, 1.54) is 5.56 Å². The molecule has 0 spiro atoms. The van der Waals surface area contributed by atoms with Crippen LogP contribution >= 0.6 is 11.6 Å². The number of hydrogen-bond acceptors (Lipinski definition) is 2. The van der Waals surface area contributed by atoms with Gasteiger partial charge in [-0.05, 0) is 30.4 Å². The number of fused-ring (bicyclic) bond motifs is 1. The Bertz CT molecular complexity index is 560. The molecule has 1 atom stereocenters. The number of aryl methyl sites for hydroxylation is 2. The maximum Gasteiger partial charge on any atom is 0.160 e. The van der Waals surface area contributed by atoms with E-state index in [0.717, 1.165) is 30.0 Å². The molecule has 0 aliphatic heterocycles. The smallest absolute Gasteiger partial charge is 0.160 e. The van der Waals surface area contributed by atoms with Gasteiger partial charge in [0.25, 0.3) is 0 Å². The van der Waals surface area contributed by atoms with Crippen LogP contribution in [-0.4, -0.2) is 20.4 Å². The van der Waals surface area contributed by atoms with E-state index in [-0.39, 0.29) is 0 Å². The second-order valence-corrected chi connectivity index (χ2v) is 5.98. The molecule has 0 fully saturated rings. The van der Waals surface area contributed by atoms with E-state index in [1.807, 2.05) is 12.3 Å². The second-order valence-electron chi connectivity index (χ2n) is 5.60. The van der Waals surface area contributed by atoms with Gasteiger partial charge in [0.05, 0.1) is 0 Å². The van der Waals surface area contributed by atoms with E-state index in [9.17, 15) is 0 Å². The molecule has 2 aromatic rings. The number of imidazole rings is 1. The standard InChI is InChI=1S/C15H22ClN3/c1-10(2)12(4)9-19-13(5-7-16)18-14-11(3)6-8-17-15(14)19/h6,8,10,12H,5,7,9H2,1-4H3. The van der Waals surface area contributed by atoms with E-state index < -0.39 is 0 Å². The maximum absolute atomic E-state index is 5.90. The Labute approximate surface area is 120 Å².